The highest BCUT2D eigenvalue weighted by molar-refractivity contribution is 5.30. The lowest BCUT2D eigenvalue weighted by molar-refractivity contribution is 0.261. The molecule has 0 heterocycles. The first-order chi connectivity index (χ1) is 6.50. The van der Waals surface area contributed by atoms with Gasteiger partial charge in [0.25, 0.3) is 0 Å². The van der Waals surface area contributed by atoms with E-state index in [4.69, 9.17) is 5.11 Å². The molecule has 0 fully saturated rings. The molecule has 1 aliphatic carbocycles. The Hall–Kier alpha value is -0.820. The summed E-state index contributed by atoms with van der Waals surface area (Å²) in [6.45, 7) is 10.8. The number of hydrogen-bond acceptors (Lipinski definition) is 1. The molecule has 2 unspecified atom stereocenters. The van der Waals surface area contributed by atoms with Crippen LogP contribution in [0, 0.1) is 17.3 Å². The molecule has 0 radical (unpaired) electrons. The Morgan fingerprint density at radius 2 is 2.21 bits per heavy atom. The predicted octanol–water partition coefficient (Wildman–Crippen LogP) is 2.94. The minimum absolute atomic E-state index is 0.0971. The highest BCUT2D eigenvalue weighted by atomic mass is 16.2. The Morgan fingerprint density at radius 1 is 1.57 bits per heavy atom. The third kappa shape index (κ3) is 1.98. The summed E-state index contributed by atoms with van der Waals surface area (Å²) in [5.74, 6) is 0.949. The van der Waals surface area contributed by atoms with Crippen LogP contribution >= 0.6 is 0 Å². The molecule has 0 saturated carbocycles. The van der Waals surface area contributed by atoms with E-state index in [1.807, 2.05) is 6.08 Å². The second-order valence-electron chi connectivity index (χ2n) is 4.60. The zero-order chi connectivity index (χ0) is 10.8. The molecule has 0 bridgehead atoms. The minimum atomic E-state index is 0.0971. The molecule has 14 heavy (non-hydrogen) atoms. The largest absolute Gasteiger partial charge is 0.392 e. The van der Waals surface area contributed by atoms with Gasteiger partial charge in [-0.3, -0.25) is 0 Å². The molecule has 0 amide bonds. The van der Waals surface area contributed by atoms with E-state index in [0.29, 0.717) is 11.8 Å². The topological polar surface area (TPSA) is 20.2 Å². The van der Waals surface area contributed by atoms with Gasteiger partial charge in [-0.15, -0.1) is 0 Å². The van der Waals surface area contributed by atoms with Crippen molar-refractivity contribution >= 4 is 0 Å². The SMILES string of the molecule is C=C1C=CC(C)C(/C=C/CO)C1(C)C. The first-order valence-electron chi connectivity index (χ1n) is 5.15. The van der Waals surface area contributed by atoms with Crippen molar-refractivity contribution < 1.29 is 5.11 Å². The fourth-order valence-electron chi connectivity index (χ4n) is 2.10. The minimum Gasteiger partial charge on any atom is -0.392 e. The summed E-state index contributed by atoms with van der Waals surface area (Å²) in [6.07, 6.45) is 8.25. The molecule has 1 rings (SSSR count). The maximum absolute atomic E-state index is 8.79. The third-order valence-electron chi connectivity index (χ3n) is 3.28. The number of aliphatic hydroxyl groups is 1. The van der Waals surface area contributed by atoms with Crippen molar-refractivity contribution in [3.63, 3.8) is 0 Å². The van der Waals surface area contributed by atoms with E-state index in [1.54, 1.807) is 0 Å². The zero-order valence-electron chi connectivity index (χ0n) is 9.33. The van der Waals surface area contributed by atoms with Crippen molar-refractivity contribution in [1.29, 1.82) is 0 Å². The van der Waals surface area contributed by atoms with Crippen LogP contribution in [0.4, 0.5) is 0 Å². The Kier molecular flexibility index (Phi) is 3.33. The predicted molar refractivity (Wildman–Crippen MR) is 60.9 cm³/mol. The van der Waals surface area contributed by atoms with Crippen LogP contribution < -0.4 is 0 Å². The summed E-state index contributed by atoms with van der Waals surface area (Å²) in [6, 6.07) is 0. The van der Waals surface area contributed by atoms with Crippen molar-refractivity contribution in [3.05, 3.63) is 36.5 Å². The van der Waals surface area contributed by atoms with E-state index < -0.39 is 0 Å². The number of rotatable bonds is 2. The molecule has 0 saturated heterocycles. The average molecular weight is 192 g/mol. The van der Waals surface area contributed by atoms with Crippen LogP contribution in [0.25, 0.3) is 0 Å². The van der Waals surface area contributed by atoms with E-state index in [2.05, 4.69) is 45.6 Å². The van der Waals surface area contributed by atoms with Gasteiger partial charge in [0.2, 0.25) is 0 Å². The Labute approximate surface area is 86.8 Å². The second-order valence-corrected chi connectivity index (χ2v) is 4.60. The molecule has 78 valence electrons. The first kappa shape index (κ1) is 11.3. The normalized spacial score (nSPS) is 31.3. The van der Waals surface area contributed by atoms with E-state index >= 15 is 0 Å². The van der Waals surface area contributed by atoms with Gasteiger partial charge >= 0.3 is 0 Å². The van der Waals surface area contributed by atoms with Gasteiger partial charge < -0.3 is 5.11 Å². The lowest BCUT2D eigenvalue weighted by Crippen LogP contribution is -2.31. The molecular weight excluding hydrogens is 172 g/mol. The molecule has 2 atom stereocenters. The lowest BCUT2D eigenvalue weighted by Gasteiger charge is -2.39. The van der Waals surface area contributed by atoms with E-state index in [1.165, 1.54) is 5.57 Å². The summed E-state index contributed by atoms with van der Waals surface area (Å²) < 4.78 is 0. The monoisotopic (exact) mass is 192 g/mol. The molecule has 1 N–H and O–H groups in total. The van der Waals surface area contributed by atoms with Gasteiger partial charge in [0.1, 0.15) is 0 Å². The number of aliphatic hydroxyl groups excluding tert-OH is 1. The Morgan fingerprint density at radius 3 is 2.79 bits per heavy atom. The standard InChI is InChI=1S/C13H20O/c1-10-7-8-11(2)13(3,4)12(10)6-5-9-14/h5-8,10,12,14H,2,9H2,1,3-4H3/b6-5+. The molecule has 1 aliphatic rings. The fourth-order valence-corrected chi connectivity index (χ4v) is 2.10. The molecule has 0 aromatic heterocycles. The van der Waals surface area contributed by atoms with Crippen LogP contribution in [0.5, 0.6) is 0 Å². The van der Waals surface area contributed by atoms with E-state index in [9.17, 15) is 0 Å². The maximum atomic E-state index is 8.79. The Bertz CT molecular complexity index is 271. The van der Waals surface area contributed by atoms with E-state index in [-0.39, 0.29) is 12.0 Å². The van der Waals surface area contributed by atoms with Crippen LogP contribution in [0.15, 0.2) is 36.5 Å². The molecule has 0 aliphatic heterocycles. The van der Waals surface area contributed by atoms with Crippen LogP contribution in [-0.4, -0.2) is 11.7 Å². The average Bonchev–Trinajstić information content (AvgIpc) is 2.12. The smallest absolute Gasteiger partial charge is 0.0612 e. The van der Waals surface area contributed by atoms with Crippen molar-refractivity contribution in [3.8, 4) is 0 Å². The quantitative estimate of drug-likeness (QED) is 0.667. The van der Waals surface area contributed by atoms with Crippen LogP contribution in [0.1, 0.15) is 20.8 Å². The number of hydrogen-bond donors (Lipinski definition) is 1. The number of allylic oxidation sites excluding steroid dienone is 4. The molecular formula is C13H20O. The first-order valence-corrected chi connectivity index (χ1v) is 5.15. The summed E-state index contributed by atoms with van der Waals surface area (Å²) in [5, 5.41) is 8.79. The summed E-state index contributed by atoms with van der Waals surface area (Å²) in [4.78, 5) is 0. The maximum Gasteiger partial charge on any atom is 0.0612 e. The van der Waals surface area contributed by atoms with Gasteiger partial charge in [-0.1, -0.05) is 51.7 Å². The van der Waals surface area contributed by atoms with Crippen molar-refractivity contribution in [2.75, 3.05) is 6.61 Å². The van der Waals surface area contributed by atoms with E-state index in [0.717, 1.165) is 0 Å². The van der Waals surface area contributed by atoms with Gasteiger partial charge in [-0.2, -0.15) is 0 Å². The summed E-state index contributed by atoms with van der Waals surface area (Å²) >= 11 is 0. The molecule has 1 heteroatoms. The molecule has 1 nitrogen and oxygen atoms in total. The Balaban J connectivity index is 2.95. The fraction of sp³-hybridized carbons (Fsp3) is 0.538. The lowest BCUT2D eigenvalue weighted by atomic mass is 9.65. The van der Waals surface area contributed by atoms with Crippen molar-refractivity contribution in [2.45, 2.75) is 20.8 Å². The van der Waals surface area contributed by atoms with Crippen LogP contribution in [0.2, 0.25) is 0 Å². The van der Waals surface area contributed by atoms with Gasteiger partial charge in [-0.05, 0) is 22.8 Å². The van der Waals surface area contributed by atoms with Gasteiger partial charge in [0.15, 0.2) is 0 Å². The zero-order valence-corrected chi connectivity index (χ0v) is 9.33. The highest BCUT2D eigenvalue weighted by Gasteiger charge is 2.34. The second kappa shape index (κ2) is 4.14. The summed E-state index contributed by atoms with van der Waals surface area (Å²) in [5.41, 5.74) is 1.27. The summed E-state index contributed by atoms with van der Waals surface area (Å²) in [7, 11) is 0. The highest BCUT2D eigenvalue weighted by Crippen LogP contribution is 2.43. The molecule has 0 spiro atoms. The van der Waals surface area contributed by atoms with Crippen molar-refractivity contribution in [2.24, 2.45) is 17.3 Å². The molecule has 0 aromatic rings. The third-order valence-corrected chi connectivity index (χ3v) is 3.28. The van der Waals surface area contributed by atoms with Crippen LogP contribution in [-0.2, 0) is 0 Å². The van der Waals surface area contributed by atoms with Gasteiger partial charge in [0.05, 0.1) is 6.61 Å². The van der Waals surface area contributed by atoms with Gasteiger partial charge in [-0.25, -0.2) is 0 Å². The van der Waals surface area contributed by atoms with Crippen LogP contribution in [0.3, 0.4) is 0 Å². The molecule has 0 aromatic carbocycles. The van der Waals surface area contributed by atoms with Crippen molar-refractivity contribution in [1.82, 2.24) is 0 Å². The van der Waals surface area contributed by atoms with Gasteiger partial charge in [0, 0.05) is 0 Å².